The Bertz CT molecular complexity index is 782. The Morgan fingerprint density at radius 2 is 1.64 bits per heavy atom. The lowest BCUT2D eigenvalue weighted by Crippen LogP contribution is -1.97. The highest BCUT2D eigenvalue weighted by Gasteiger charge is 2.10. The number of rotatable bonds is 9. The molecule has 2 aromatic carbocycles. The molecule has 0 amide bonds. The average Bonchev–Trinajstić information content (AvgIpc) is 2.57. The van der Waals surface area contributed by atoms with Crippen molar-refractivity contribution in [1.82, 2.24) is 0 Å². The van der Waals surface area contributed by atoms with E-state index in [-0.39, 0.29) is 10.6 Å². The fraction of sp³-hybridized carbons (Fsp3) is 0.368. The number of phenols is 1. The van der Waals surface area contributed by atoms with E-state index in [1.807, 2.05) is 6.07 Å². The second kappa shape index (κ2) is 8.87. The molecule has 0 spiro atoms. The van der Waals surface area contributed by atoms with E-state index in [1.165, 1.54) is 49.9 Å². The quantitative estimate of drug-likeness (QED) is 0.486. The summed E-state index contributed by atoms with van der Waals surface area (Å²) in [5, 5.41) is 9.96. The molecule has 0 aromatic heterocycles. The molecule has 0 heterocycles. The maximum atomic E-state index is 11.0. The van der Waals surface area contributed by atoms with Crippen molar-refractivity contribution in [3.05, 3.63) is 48.0 Å². The number of aromatic hydroxyl groups is 1. The Balaban J connectivity index is 2.02. The van der Waals surface area contributed by atoms with Gasteiger partial charge in [-0.1, -0.05) is 38.7 Å². The van der Waals surface area contributed by atoms with Crippen molar-refractivity contribution in [2.24, 2.45) is 0 Å². The second-order valence-corrected chi connectivity index (χ2v) is 7.44. The zero-order valence-corrected chi connectivity index (χ0v) is 15.1. The molecule has 136 valence electrons. The summed E-state index contributed by atoms with van der Waals surface area (Å²) in [6, 6.07) is 10.6. The van der Waals surface area contributed by atoms with Crippen LogP contribution in [0, 0.1) is 0 Å². The Labute approximate surface area is 149 Å². The third-order valence-corrected chi connectivity index (χ3v) is 4.81. The topological polar surface area (TPSA) is 83.8 Å². The van der Waals surface area contributed by atoms with Gasteiger partial charge in [0.25, 0.3) is 10.1 Å². The molecule has 0 radical (unpaired) electrons. The van der Waals surface area contributed by atoms with Gasteiger partial charge in [0.2, 0.25) is 0 Å². The highest BCUT2D eigenvalue weighted by molar-refractivity contribution is 7.85. The lowest BCUT2D eigenvalue weighted by Gasteiger charge is -2.10. The summed E-state index contributed by atoms with van der Waals surface area (Å²) >= 11 is 0. The van der Waals surface area contributed by atoms with Gasteiger partial charge >= 0.3 is 0 Å². The molecule has 0 bridgehead atoms. The SMILES string of the molecule is CCCCCCCc1ccc(O)c(Oc2ccc(S(=O)(=O)O)cc2)c1. The van der Waals surface area contributed by atoms with Gasteiger partial charge in [0.1, 0.15) is 5.75 Å². The van der Waals surface area contributed by atoms with E-state index in [0.29, 0.717) is 11.5 Å². The first-order valence-electron chi connectivity index (χ1n) is 8.47. The van der Waals surface area contributed by atoms with Crippen molar-refractivity contribution < 1.29 is 22.8 Å². The third-order valence-electron chi connectivity index (χ3n) is 3.94. The Kier molecular flexibility index (Phi) is 6.84. The summed E-state index contributed by atoms with van der Waals surface area (Å²) in [7, 11) is -4.23. The van der Waals surface area contributed by atoms with Gasteiger partial charge in [0.05, 0.1) is 4.90 Å². The van der Waals surface area contributed by atoms with Gasteiger partial charge < -0.3 is 9.84 Å². The largest absolute Gasteiger partial charge is 0.504 e. The summed E-state index contributed by atoms with van der Waals surface area (Å²) in [4.78, 5) is -0.204. The zero-order valence-electron chi connectivity index (χ0n) is 14.3. The predicted molar refractivity (Wildman–Crippen MR) is 96.9 cm³/mol. The molecule has 0 aliphatic carbocycles. The van der Waals surface area contributed by atoms with Crippen molar-refractivity contribution in [3.8, 4) is 17.2 Å². The van der Waals surface area contributed by atoms with Crippen LogP contribution < -0.4 is 4.74 Å². The van der Waals surface area contributed by atoms with Crippen LogP contribution >= 0.6 is 0 Å². The molecule has 6 heteroatoms. The molecule has 2 rings (SSSR count). The minimum Gasteiger partial charge on any atom is -0.504 e. The highest BCUT2D eigenvalue weighted by atomic mass is 32.2. The van der Waals surface area contributed by atoms with Crippen molar-refractivity contribution in [2.45, 2.75) is 50.3 Å². The maximum absolute atomic E-state index is 11.0. The molecular weight excluding hydrogens is 340 g/mol. The van der Waals surface area contributed by atoms with E-state index < -0.39 is 10.1 Å². The van der Waals surface area contributed by atoms with Crippen LogP contribution in [0.15, 0.2) is 47.4 Å². The zero-order chi connectivity index (χ0) is 18.3. The monoisotopic (exact) mass is 364 g/mol. The van der Waals surface area contributed by atoms with E-state index in [4.69, 9.17) is 9.29 Å². The Hall–Kier alpha value is -2.05. The predicted octanol–water partition coefficient (Wildman–Crippen LogP) is 4.94. The molecule has 0 unspecified atom stereocenters. The molecule has 0 aliphatic rings. The van der Waals surface area contributed by atoms with Crippen LogP contribution in [-0.2, 0) is 16.5 Å². The fourth-order valence-corrected chi connectivity index (χ4v) is 3.02. The summed E-state index contributed by atoms with van der Waals surface area (Å²) in [6.07, 6.45) is 6.90. The number of hydrogen-bond donors (Lipinski definition) is 2. The molecule has 0 aliphatic heterocycles. The van der Waals surface area contributed by atoms with Crippen molar-refractivity contribution >= 4 is 10.1 Å². The number of benzene rings is 2. The van der Waals surface area contributed by atoms with E-state index in [2.05, 4.69) is 6.92 Å². The van der Waals surface area contributed by atoms with Crippen LogP contribution in [0.4, 0.5) is 0 Å². The molecule has 2 aromatic rings. The van der Waals surface area contributed by atoms with Crippen LogP contribution in [0.2, 0.25) is 0 Å². The van der Waals surface area contributed by atoms with Gasteiger partial charge in [-0.15, -0.1) is 0 Å². The van der Waals surface area contributed by atoms with Gasteiger partial charge in [-0.3, -0.25) is 4.55 Å². The first kappa shape index (κ1) is 19.3. The Morgan fingerprint density at radius 1 is 0.960 bits per heavy atom. The first-order chi connectivity index (χ1) is 11.9. The molecular formula is C19H24O5S. The minimum atomic E-state index is -4.23. The molecule has 0 saturated carbocycles. The molecule has 0 saturated heterocycles. The van der Waals surface area contributed by atoms with Crippen LogP contribution in [0.5, 0.6) is 17.2 Å². The number of ether oxygens (including phenoxy) is 1. The number of unbranched alkanes of at least 4 members (excludes halogenated alkanes) is 4. The van der Waals surface area contributed by atoms with E-state index >= 15 is 0 Å². The highest BCUT2D eigenvalue weighted by Crippen LogP contribution is 2.32. The summed E-state index contributed by atoms with van der Waals surface area (Å²) < 4.78 is 36.7. The lowest BCUT2D eigenvalue weighted by atomic mass is 10.1. The fourth-order valence-electron chi connectivity index (χ4n) is 2.54. The maximum Gasteiger partial charge on any atom is 0.294 e. The lowest BCUT2D eigenvalue weighted by molar-refractivity contribution is 0.410. The standard InChI is InChI=1S/C19H24O5S/c1-2-3-4-5-6-7-15-8-13-18(20)19(14-15)24-16-9-11-17(12-10-16)25(21,22)23/h8-14,20H,2-7H2,1H3,(H,21,22,23). The van der Waals surface area contributed by atoms with Gasteiger partial charge in [0.15, 0.2) is 11.5 Å². The molecule has 0 atom stereocenters. The van der Waals surface area contributed by atoms with Gasteiger partial charge in [-0.25, -0.2) is 0 Å². The second-order valence-electron chi connectivity index (χ2n) is 6.01. The minimum absolute atomic E-state index is 0.0218. The van der Waals surface area contributed by atoms with Gasteiger partial charge in [0, 0.05) is 0 Å². The van der Waals surface area contributed by atoms with Gasteiger partial charge in [-0.2, -0.15) is 8.42 Å². The third kappa shape index (κ3) is 6.07. The van der Waals surface area contributed by atoms with Crippen molar-refractivity contribution in [2.75, 3.05) is 0 Å². The van der Waals surface area contributed by atoms with E-state index in [0.717, 1.165) is 18.4 Å². The van der Waals surface area contributed by atoms with E-state index in [9.17, 15) is 13.5 Å². The van der Waals surface area contributed by atoms with Crippen LogP contribution in [0.3, 0.4) is 0 Å². The normalized spacial score (nSPS) is 11.4. The first-order valence-corrected chi connectivity index (χ1v) is 9.91. The van der Waals surface area contributed by atoms with Crippen LogP contribution in [0.25, 0.3) is 0 Å². The number of phenolic OH excluding ortho intramolecular Hbond substituents is 1. The summed E-state index contributed by atoms with van der Waals surface area (Å²) in [6.45, 7) is 2.19. The molecule has 2 N–H and O–H groups in total. The van der Waals surface area contributed by atoms with Crippen LogP contribution in [0.1, 0.15) is 44.6 Å². The smallest absolute Gasteiger partial charge is 0.294 e. The Morgan fingerprint density at radius 3 is 2.28 bits per heavy atom. The van der Waals surface area contributed by atoms with Gasteiger partial charge in [-0.05, 0) is 54.8 Å². The van der Waals surface area contributed by atoms with Crippen LogP contribution in [-0.4, -0.2) is 18.1 Å². The van der Waals surface area contributed by atoms with E-state index in [1.54, 1.807) is 12.1 Å². The summed E-state index contributed by atoms with van der Waals surface area (Å²) in [5.74, 6) is 0.724. The van der Waals surface area contributed by atoms with Crippen molar-refractivity contribution in [3.63, 3.8) is 0 Å². The number of aryl methyl sites for hydroxylation is 1. The average molecular weight is 364 g/mol. The number of hydrogen-bond acceptors (Lipinski definition) is 4. The summed E-state index contributed by atoms with van der Waals surface area (Å²) in [5.41, 5.74) is 1.08. The van der Waals surface area contributed by atoms with Crippen molar-refractivity contribution in [1.29, 1.82) is 0 Å². The molecule has 0 fully saturated rings. The molecule has 25 heavy (non-hydrogen) atoms. The molecule has 5 nitrogen and oxygen atoms in total.